The van der Waals surface area contributed by atoms with Crippen molar-refractivity contribution < 1.29 is 136 Å². The molecule has 550 valence electrons. The number of aliphatic hydroxyl groups excluding tert-OH is 5. The third-order valence-corrected chi connectivity index (χ3v) is 24.3. The summed E-state index contributed by atoms with van der Waals surface area (Å²) >= 11 is 0. The molecule has 0 aromatic carbocycles. The van der Waals surface area contributed by atoms with Crippen molar-refractivity contribution >= 4 is 20.8 Å². The summed E-state index contributed by atoms with van der Waals surface area (Å²) in [5, 5.41) is 65.8. The summed E-state index contributed by atoms with van der Waals surface area (Å²) < 4.78 is 178. The van der Waals surface area contributed by atoms with Gasteiger partial charge in [-0.3, -0.25) is 9.11 Å². The minimum Gasteiger partial charge on any atom is -0.394 e. The maximum absolute atomic E-state index is 12.1. The van der Waals surface area contributed by atoms with Gasteiger partial charge in [0.15, 0.2) is 12.6 Å². The summed E-state index contributed by atoms with van der Waals surface area (Å²) in [4.78, 5) is 0. The molecule has 0 aliphatic carbocycles. The quantitative estimate of drug-likeness (QED) is 0.0423. The zero-order chi connectivity index (χ0) is 69.3. The summed E-state index contributed by atoms with van der Waals surface area (Å²) in [6.07, 6.45) is -12.1. The first-order valence-electron chi connectivity index (χ1n) is 34.5. The largest absolute Gasteiger partial charge is 0.397 e. The number of hydrogen-bond acceptors (Lipinski definition) is 27. The second kappa shape index (κ2) is 27.7. The molecule has 97 heavy (non-hydrogen) atoms. The third-order valence-electron chi connectivity index (χ3n) is 23.3. The van der Waals surface area contributed by atoms with Gasteiger partial charge in [0.05, 0.1) is 134 Å². The normalized spacial score (nSPS) is 51.2. The molecule has 0 amide bonds. The second-order valence-electron chi connectivity index (χ2n) is 30.5. The van der Waals surface area contributed by atoms with E-state index < -0.39 is 215 Å². The van der Waals surface area contributed by atoms with Crippen molar-refractivity contribution in [3.63, 3.8) is 0 Å². The molecule has 34 atom stereocenters. The Morgan fingerprint density at radius 1 is 0.649 bits per heavy atom. The van der Waals surface area contributed by atoms with Crippen LogP contribution >= 0.6 is 0 Å². The molecule has 0 unspecified atom stereocenters. The van der Waals surface area contributed by atoms with Crippen LogP contribution in [0.25, 0.3) is 0 Å². The fraction of sp³-hybridized carbons (Fsp3) is 0.879. The van der Waals surface area contributed by atoms with Crippen LogP contribution in [0.5, 0.6) is 0 Å². The average molecular weight is 1420 g/mol. The van der Waals surface area contributed by atoms with E-state index in [4.69, 9.17) is 79.8 Å². The zero-order valence-corrected chi connectivity index (χ0v) is 57.4. The van der Waals surface area contributed by atoms with Crippen LogP contribution in [0.4, 0.5) is 0 Å². The first-order chi connectivity index (χ1) is 45.7. The van der Waals surface area contributed by atoms with E-state index in [1.54, 1.807) is 32.1 Å². The minimum atomic E-state index is -4.95. The van der Waals surface area contributed by atoms with E-state index in [0.717, 1.165) is 5.57 Å². The molecule has 13 heterocycles. The first kappa shape index (κ1) is 73.2. The highest BCUT2D eigenvalue weighted by molar-refractivity contribution is 7.81. The summed E-state index contributed by atoms with van der Waals surface area (Å²) in [6, 6.07) is 0. The van der Waals surface area contributed by atoms with E-state index in [-0.39, 0.29) is 56.0 Å². The fourth-order valence-electron chi connectivity index (χ4n) is 18.0. The molecule has 13 aliphatic heterocycles. The Bertz CT molecular complexity index is 3120. The zero-order valence-electron chi connectivity index (χ0n) is 55.8. The van der Waals surface area contributed by atoms with Gasteiger partial charge in [-0.05, 0) is 97.5 Å². The van der Waals surface area contributed by atoms with Crippen LogP contribution in [0.1, 0.15) is 138 Å². The van der Waals surface area contributed by atoms with Crippen LogP contribution in [0.15, 0.2) is 49.1 Å². The van der Waals surface area contributed by atoms with E-state index in [9.17, 15) is 52.0 Å². The highest BCUT2D eigenvalue weighted by atomic mass is 32.3. The van der Waals surface area contributed by atoms with Gasteiger partial charge in [0.25, 0.3) is 0 Å². The smallest absolute Gasteiger partial charge is 0.394 e. The molecule has 0 radical (unpaired) electrons. The van der Waals surface area contributed by atoms with E-state index in [1.165, 1.54) is 0 Å². The van der Waals surface area contributed by atoms with Gasteiger partial charge in [-0.2, -0.15) is 16.8 Å². The molecule has 13 aliphatic rings. The number of allylic oxidation sites excluding steroid dienone is 3. The Hall–Kier alpha value is -2.14. The molecule has 13 saturated heterocycles. The summed E-state index contributed by atoms with van der Waals surface area (Å²) in [5.41, 5.74) is -4.29. The molecule has 0 spiro atoms. The molecule has 13 rings (SSSR count). The van der Waals surface area contributed by atoms with Gasteiger partial charge in [0.1, 0.15) is 72.2 Å². The lowest BCUT2D eigenvalue weighted by molar-refractivity contribution is -0.387. The summed E-state index contributed by atoms with van der Waals surface area (Å²) in [7, 11) is -9.67. The van der Waals surface area contributed by atoms with E-state index in [1.807, 2.05) is 6.92 Å². The van der Waals surface area contributed by atoms with Gasteiger partial charge in [0, 0.05) is 44.9 Å². The molecular weight excluding hydrogens is 1320 g/mol. The lowest BCUT2D eigenvalue weighted by atomic mass is 9.72. The summed E-state index contributed by atoms with van der Waals surface area (Å²) in [5.74, 6) is -0.0953. The van der Waals surface area contributed by atoms with Gasteiger partial charge in [-0.1, -0.05) is 43.9 Å². The SMILES string of the molecule is C=CCC(=C)/C=C/[C@@](C)(O)[C@@H]1O[C@@H]2C[C@@H]3O[C@@H]4C[C@@H]5O[C@@H]6C[C@@H]7O[C@@H]8C[C@@H]9O[C@@H]%10C[C@@H]%11O[C@](C)(CCCOS(=O)(=O)O)[C@@H](OS(=O)(=O)O)C[C@H]%11O[C@H]%10C[C@H]9O[C@H]8CC[C@@]7(C)O[C@@]6(C)CC[C@H](C)[C@H]5O[C@H]4[C@@H](O[C@H]4O[C@@H](CO[C@H]5O[C@@H](CO)[C@H](O)[C@H]5O)[C@H](O)[C@H]4O)[C@@]3(C)O[C@H]2CC1=C. The first-order valence-corrected chi connectivity index (χ1v) is 37.2. The van der Waals surface area contributed by atoms with Crippen LogP contribution < -0.4 is 0 Å². The predicted octanol–water partition coefficient (Wildman–Crippen LogP) is 2.38. The van der Waals surface area contributed by atoms with Gasteiger partial charge in [-0.25, -0.2) is 8.37 Å². The minimum absolute atomic E-state index is 0.0312. The van der Waals surface area contributed by atoms with Crippen molar-refractivity contribution in [2.75, 3.05) is 19.8 Å². The third kappa shape index (κ3) is 14.7. The van der Waals surface area contributed by atoms with Crippen molar-refractivity contribution in [1.29, 1.82) is 0 Å². The van der Waals surface area contributed by atoms with Gasteiger partial charge in [0.2, 0.25) is 0 Å². The van der Waals surface area contributed by atoms with E-state index in [0.29, 0.717) is 76.2 Å². The van der Waals surface area contributed by atoms with Gasteiger partial charge in [-0.15, -0.1) is 6.58 Å². The molecule has 13 fully saturated rings. The monoisotopic (exact) mass is 1420 g/mol. The highest BCUT2D eigenvalue weighted by Crippen LogP contribution is 2.55. The highest BCUT2D eigenvalue weighted by Gasteiger charge is 2.67. The lowest BCUT2D eigenvalue weighted by Gasteiger charge is -2.61. The van der Waals surface area contributed by atoms with Gasteiger partial charge >= 0.3 is 20.8 Å². The molecule has 29 nitrogen and oxygen atoms in total. The average Bonchev–Trinajstić information content (AvgIpc) is 1.63. The van der Waals surface area contributed by atoms with Crippen LogP contribution in [0, 0.1) is 5.92 Å². The van der Waals surface area contributed by atoms with Crippen LogP contribution in [-0.2, 0) is 100 Å². The van der Waals surface area contributed by atoms with E-state index >= 15 is 0 Å². The Kier molecular flexibility index (Phi) is 20.9. The molecule has 0 aromatic heterocycles. The fourth-order valence-corrected chi connectivity index (χ4v) is 18.9. The molecule has 0 saturated carbocycles. The Balaban J connectivity index is 0.710. The topological polar surface area (TPSA) is 387 Å². The number of rotatable bonds is 18. The molecule has 0 bridgehead atoms. The maximum atomic E-state index is 12.1. The molecule has 31 heteroatoms. The van der Waals surface area contributed by atoms with Crippen molar-refractivity contribution in [2.24, 2.45) is 5.92 Å². The van der Waals surface area contributed by atoms with Gasteiger partial charge < -0.3 is 102 Å². The second-order valence-corrected chi connectivity index (χ2v) is 32.7. The molecular formula is C66H100O29S2. The van der Waals surface area contributed by atoms with Crippen LogP contribution in [0.3, 0.4) is 0 Å². The number of fused-ring (bicyclic) bond motifs is 10. The number of hydrogen-bond donors (Lipinski definition) is 8. The maximum Gasteiger partial charge on any atom is 0.397 e. The van der Waals surface area contributed by atoms with E-state index in [2.05, 4.69) is 44.7 Å². The van der Waals surface area contributed by atoms with Crippen LogP contribution in [-0.4, -0.2) is 276 Å². The predicted molar refractivity (Wildman–Crippen MR) is 334 cm³/mol. The Morgan fingerprint density at radius 2 is 1.23 bits per heavy atom. The standard InChI is InChI=1S/C66H100O29S2/c1-10-12-31(2)13-17-62(5,72)58-33(4)21-42-41(87-58)27-51-66(9,93-42)59(91-61-55(71)53(69)47(89-61)30-79-60-54(70)52(68)46(29-67)88-60)57-45(86-51)25-44-56(90-57)32(3)14-18-64(7)49(85-44)28-48-65(8,95-64)19-15-34-35(84-48)22-37-36(81-34)23-38-39(82-37)24-43-40(83-38)26-50(94-97(76,77)78)63(6,92-43)16-11-20-80-96(73,74)75/h10,13,17,32,34-61,67-72H,1-2,4,11-12,14-16,18-30H2,3,5-9H3,(H,73,74,75)(H,76,77,78)/b17-13+/t32-,34-,35+,36+,37-,38-,39+,40+,41+,42-,43-,44-,45+,46-,47-,48-,49+,50-,51-,52-,53-,54+,55+,56+,57+,58+,59+,60-,61+,62+,63+,64-,65+,66-/m0/s1. The summed E-state index contributed by atoms with van der Waals surface area (Å²) in [6.45, 7) is 22.4. The lowest BCUT2D eigenvalue weighted by Crippen LogP contribution is -2.75. The van der Waals surface area contributed by atoms with Crippen molar-refractivity contribution in [2.45, 2.75) is 337 Å². The van der Waals surface area contributed by atoms with Crippen molar-refractivity contribution in [3.05, 3.63) is 49.1 Å². The van der Waals surface area contributed by atoms with Crippen LogP contribution in [0.2, 0.25) is 0 Å². The number of ether oxygens (including phenoxy) is 15. The van der Waals surface area contributed by atoms with Crippen molar-refractivity contribution in [1.82, 2.24) is 0 Å². The molecule has 8 N–H and O–H groups in total. The molecule has 0 aromatic rings. The Labute approximate surface area is 566 Å². The van der Waals surface area contributed by atoms with Crippen molar-refractivity contribution in [3.8, 4) is 0 Å². The number of aliphatic hydroxyl groups is 6. The Morgan fingerprint density at radius 3 is 1.89 bits per heavy atom.